The summed E-state index contributed by atoms with van der Waals surface area (Å²) in [5, 5.41) is 7.04. The Morgan fingerprint density at radius 3 is 2.39 bits per heavy atom. The van der Waals surface area contributed by atoms with E-state index in [1.165, 1.54) is 0 Å². The zero-order chi connectivity index (χ0) is 20.1. The van der Waals surface area contributed by atoms with Crippen LogP contribution in [0.5, 0.6) is 11.5 Å². The monoisotopic (exact) mass is 381 g/mol. The molecule has 7 nitrogen and oxygen atoms in total. The number of amides is 1. The van der Waals surface area contributed by atoms with Crippen LogP contribution in [0.4, 0.5) is 0 Å². The smallest absolute Gasteiger partial charge is 0.251 e. The second kappa shape index (κ2) is 8.56. The summed E-state index contributed by atoms with van der Waals surface area (Å²) >= 11 is 0. The van der Waals surface area contributed by atoms with Crippen LogP contribution >= 0.6 is 0 Å². The van der Waals surface area contributed by atoms with Crippen molar-refractivity contribution in [2.24, 2.45) is 5.92 Å². The van der Waals surface area contributed by atoms with Gasteiger partial charge in [0.1, 0.15) is 6.04 Å². The summed E-state index contributed by atoms with van der Waals surface area (Å²) in [6.45, 7) is 3.96. The third-order valence-electron chi connectivity index (χ3n) is 4.34. The van der Waals surface area contributed by atoms with Crippen LogP contribution < -0.4 is 14.8 Å². The van der Waals surface area contributed by atoms with Crippen molar-refractivity contribution in [2.45, 2.75) is 19.9 Å². The Morgan fingerprint density at radius 2 is 1.75 bits per heavy atom. The number of hydrogen-bond acceptors (Lipinski definition) is 6. The van der Waals surface area contributed by atoms with Gasteiger partial charge in [0.15, 0.2) is 11.5 Å². The van der Waals surface area contributed by atoms with E-state index in [2.05, 4.69) is 15.5 Å². The van der Waals surface area contributed by atoms with Crippen molar-refractivity contribution in [3.05, 3.63) is 60.0 Å². The second-order valence-electron chi connectivity index (χ2n) is 6.59. The number of ether oxygens (including phenoxy) is 2. The molecule has 3 rings (SSSR count). The molecular weight excluding hydrogens is 358 g/mol. The lowest BCUT2D eigenvalue weighted by Crippen LogP contribution is -2.32. The Bertz CT molecular complexity index is 938. The molecule has 3 aromatic rings. The maximum atomic E-state index is 12.5. The molecule has 7 heteroatoms. The highest BCUT2D eigenvalue weighted by atomic mass is 16.5. The van der Waals surface area contributed by atoms with Crippen LogP contribution in [0.25, 0.3) is 11.4 Å². The molecule has 2 aromatic carbocycles. The van der Waals surface area contributed by atoms with Crippen LogP contribution in [-0.4, -0.2) is 30.3 Å². The van der Waals surface area contributed by atoms with E-state index >= 15 is 0 Å². The molecule has 0 aliphatic heterocycles. The molecule has 0 bridgehead atoms. The van der Waals surface area contributed by atoms with Gasteiger partial charge in [-0.15, -0.1) is 0 Å². The second-order valence-corrected chi connectivity index (χ2v) is 6.59. The molecule has 1 heterocycles. The topological polar surface area (TPSA) is 86.5 Å². The summed E-state index contributed by atoms with van der Waals surface area (Å²) in [4.78, 5) is 17.0. The van der Waals surface area contributed by atoms with Crippen molar-refractivity contribution in [3.8, 4) is 22.9 Å². The first kappa shape index (κ1) is 19.4. The van der Waals surface area contributed by atoms with Gasteiger partial charge in [0.25, 0.3) is 5.91 Å². The summed E-state index contributed by atoms with van der Waals surface area (Å²) in [6.07, 6.45) is 0. The third kappa shape index (κ3) is 4.14. The van der Waals surface area contributed by atoms with Gasteiger partial charge in [0, 0.05) is 11.1 Å². The van der Waals surface area contributed by atoms with Crippen LogP contribution in [0, 0.1) is 5.92 Å². The van der Waals surface area contributed by atoms with Crippen molar-refractivity contribution in [2.75, 3.05) is 14.2 Å². The number of nitrogens with one attached hydrogen (secondary N) is 1. The Labute approximate surface area is 163 Å². The molecule has 1 aromatic heterocycles. The fourth-order valence-corrected chi connectivity index (χ4v) is 2.78. The van der Waals surface area contributed by atoms with Gasteiger partial charge in [0.2, 0.25) is 11.7 Å². The van der Waals surface area contributed by atoms with E-state index in [0.717, 1.165) is 5.56 Å². The van der Waals surface area contributed by atoms with Gasteiger partial charge < -0.3 is 19.3 Å². The number of aromatic nitrogens is 2. The molecule has 0 radical (unpaired) electrons. The van der Waals surface area contributed by atoms with Crippen molar-refractivity contribution in [1.29, 1.82) is 0 Å². The lowest BCUT2D eigenvalue weighted by molar-refractivity contribution is 0.0914. The molecule has 28 heavy (non-hydrogen) atoms. The van der Waals surface area contributed by atoms with Crippen LogP contribution in [0.3, 0.4) is 0 Å². The minimum atomic E-state index is -0.408. The highest BCUT2D eigenvalue weighted by Gasteiger charge is 2.25. The minimum Gasteiger partial charge on any atom is -0.493 e. The maximum absolute atomic E-state index is 12.5. The van der Waals surface area contributed by atoms with Gasteiger partial charge in [-0.3, -0.25) is 4.79 Å². The molecular formula is C21H23N3O4. The van der Waals surface area contributed by atoms with Gasteiger partial charge in [-0.2, -0.15) is 4.98 Å². The molecule has 0 spiro atoms. The third-order valence-corrected chi connectivity index (χ3v) is 4.34. The number of carbonyl (C=O) groups is 1. The molecule has 0 fully saturated rings. The molecule has 0 saturated carbocycles. The van der Waals surface area contributed by atoms with Crippen molar-refractivity contribution >= 4 is 5.91 Å². The van der Waals surface area contributed by atoms with Gasteiger partial charge in [-0.05, 0) is 36.2 Å². The van der Waals surface area contributed by atoms with Crippen molar-refractivity contribution in [1.82, 2.24) is 15.5 Å². The molecule has 0 aliphatic rings. The molecule has 146 valence electrons. The number of carbonyl (C=O) groups excluding carboxylic acids is 1. The predicted octanol–water partition coefficient (Wildman–Crippen LogP) is 3.88. The predicted molar refractivity (Wildman–Crippen MR) is 104 cm³/mol. The van der Waals surface area contributed by atoms with E-state index in [9.17, 15) is 4.79 Å². The summed E-state index contributed by atoms with van der Waals surface area (Å²) in [5.74, 6) is 1.82. The fraction of sp³-hybridized carbons (Fsp3) is 0.286. The van der Waals surface area contributed by atoms with Crippen LogP contribution in [0.15, 0.2) is 53.1 Å². The maximum Gasteiger partial charge on any atom is 0.251 e. The first-order chi connectivity index (χ1) is 13.5. The molecule has 1 atom stereocenters. The van der Waals surface area contributed by atoms with E-state index in [1.54, 1.807) is 38.5 Å². The van der Waals surface area contributed by atoms with Crippen LogP contribution in [-0.2, 0) is 0 Å². The summed E-state index contributed by atoms with van der Waals surface area (Å²) in [6, 6.07) is 14.0. The van der Waals surface area contributed by atoms with Gasteiger partial charge >= 0.3 is 0 Å². The molecule has 1 N–H and O–H groups in total. The van der Waals surface area contributed by atoms with Crippen LogP contribution in [0.2, 0.25) is 0 Å². The van der Waals surface area contributed by atoms with E-state index in [-0.39, 0.29) is 11.8 Å². The number of methoxy groups -OCH3 is 2. The lowest BCUT2D eigenvalue weighted by Gasteiger charge is -2.18. The normalized spacial score (nSPS) is 11.9. The Kier molecular flexibility index (Phi) is 5.93. The van der Waals surface area contributed by atoms with E-state index in [0.29, 0.717) is 28.8 Å². The molecule has 1 amide bonds. The lowest BCUT2D eigenvalue weighted by atomic mass is 10.0. The van der Waals surface area contributed by atoms with E-state index < -0.39 is 6.04 Å². The summed E-state index contributed by atoms with van der Waals surface area (Å²) in [5.41, 5.74) is 1.30. The SMILES string of the molecule is COc1ccc(-c2noc([C@@H](NC(=O)c3ccccc3)C(C)C)n2)cc1OC. The van der Waals surface area contributed by atoms with Crippen molar-refractivity contribution < 1.29 is 18.8 Å². The Balaban J connectivity index is 1.85. The number of hydrogen-bond donors (Lipinski definition) is 1. The Hall–Kier alpha value is -3.35. The van der Waals surface area contributed by atoms with Crippen LogP contribution in [0.1, 0.15) is 36.1 Å². The highest BCUT2D eigenvalue weighted by Crippen LogP contribution is 2.32. The largest absolute Gasteiger partial charge is 0.493 e. The number of benzene rings is 2. The minimum absolute atomic E-state index is 0.0614. The fourth-order valence-electron chi connectivity index (χ4n) is 2.78. The average Bonchev–Trinajstić information content (AvgIpc) is 3.21. The van der Waals surface area contributed by atoms with E-state index in [4.69, 9.17) is 14.0 Å². The standard InChI is InChI=1S/C21H23N3O4/c1-13(2)18(22-20(25)14-8-6-5-7-9-14)21-23-19(24-28-21)15-10-11-16(26-3)17(12-15)27-4/h5-13,18H,1-4H3,(H,22,25)/t18-/m0/s1. The Morgan fingerprint density at radius 1 is 1.04 bits per heavy atom. The molecule has 0 aliphatic carbocycles. The summed E-state index contributed by atoms with van der Waals surface area (Å²) in [7, 11) is 3.14. The van der Waals surface area contributed by atoms with E-state index in [1.807, 2.05) is 38.1 Å². The van der Waals surface area contributed by atoms with Crippen molar-refractivity contribution in [3.63, 3.8) is 0 Å². The zero-order valence-corrected chi connectivity index (χ0v) is 16.3. The number of nitrogens with zero attached hydrogens (tertiary/aromatic N) is 2. The highest BCUT2D eigenvalue weighted by molar-refractivity contribution is 5.94. The number of rotatable bonds is 7. The quantitative estimate of drug-likeness (QED) is 0.668. The molecule has 0 unspecified atom stereocenters. The average molecular weight is 381 g/mol. The van der Waals surface area contributed by atoms with Gasteiger partial charge in [-0.1, -0.05) is 37.2 Å². The first-order valence-electron chi connectivity index (χ1n) is 8.95. The first-order valence-corrected chi connectivity index (χ1v) is 8.95. The molecule has 0 saturated heterocycles. The summed E-state index contributed by atoms with van der Waals surface area (Å²) < 4.78 is 16.0. The van der Waals surface area contributed by atoms with Gasteiger partial charge in [0.05, 0.1) is 14.2 Å². The van der Waals surface area contributed by atoms with Gasteiger partial charge in [-0.25, -0.2) is 0 Å². The zero-order valence-electron chi connectivity index (χ0n) is 16.3.